The normalized spacial score (nSPS) is 28.4. The molecular weight excluding hydrogens is 356 g/mol. The second-order valence-corrected chi connectivity index (χ2v) is 8.25. The first kappa shape index (κ1) is 17.4. The van der Waals surface area contributed by atoms with Crippen molar-refractivity contribution in [3.63, 3.8) is 0 Å². The van der Waals surface area contributed by atoms with E-state index in [2.05, 4.69) is 17.2 Å². The zero-order valence-corrected chi connectivity index (χ0v) is 15.9. The van der Waals surface area contributed by atoms with E-state index in [9.17, 15) is 14.4 Å². The second kappa shape index (κ2) is 6.43. The highest BCUT2D eigenvalue weighted by Crippen LogP contribution is 2.56. The number of hydrogen-bond acceptors (Lipinski definition) is 4. The standard InChI is InChI=1S/C21H24N4O3/c1-2-24-11-22-15-10-14(5-6-16(15)24)23-17(26)7-8-25-20(27)18-12-3-4-13(9-12)19(18)21(25)28/h5-6,10-13,18-19H,2-4,7-9H2,1H3,(H,23,26). The number of carbonyl (C=O) groups is 3. The number of amides is 3. The van der Waals surface area contributed by atoms with Crippen LogP contribution in [0.5, 0.6) is 0 Å². The van der Waals surface area contributed by atoms with Crippen LogP contribution in [0.15, 0.2) is 24.5 Å². The van der Waals surface area contributed by atoms with Gasteiger partial charge < -0.3 is 9.88 Å². The molecule has 146 valence electrons. The molecule has 0 radical (unpaired) electrons. The summed E-state index contributed by atoms with van der Waals surface area (Å²) < 4.78 is 2.04. The van der Waals surface area contributed by atoms with Gasteiger partial charge in [-0.3, -0.25) is 19.3 Å². The van der Waals surface area contributed by atoms with Crippen LogP contribution in [0.3, 0.4) is 0 Å². The van der Waals surface area contributed by atoms with Gasteiger partial charge in [0.2, 0.25) is 17.7 Å². The summed E-state index contributed by atoms with van der Waals surface area (Å²) in [6.07, 6.45) is 5.06. The summed E-state index contributed by atoms with van der Waals surface area (Å²) in [6.45, 7) is 3.06. The number of imidazole rings is 1. The molecule has 3 fully saturated rings. The molecular formula is C21H24N4O3. The lowest BCUT2D eigenvalue weighted by Gasteiger charge is -2.19. The van der Waals surface area contributed by atoms with Gasteiger partial charge in [0.25, 0.3) is 0 Å². The van der Waals surface area contributed by atoms with Crippen LogP contribution in [0, 0.1) is 23.7 Å². The maximum absolute atomic E-state index is 12.7. The van der Waals surface area contributed by atoms with Crippen LogP contribution in [0.4, 0.5) is 5.69 Å². The van der Waals surface area contributed by atoms with Crippen LogP contribution in [-0.4, -0.2) is 38.7 Å². The van der Waals surface area contributed by atoms with Gasteiger partial charge in [-0.05, 0) is 56.2 Å². The Morgan fingerprint density at radius 1 is 1.18 bits per heavy atom. The summed E-state index contributed by atoms with van der Waals surface area (Å²) >= 11 is 0. The van der Waals surface area contributed by atoms with E-state index in [1.165, 1.54) is 4.90 Å². The predicted octanol–water partition coefficient (Wildman–Crippen LogP) is 2.42. The van der Waals surface area contributed by atoms with Crippen LogP contribution < -0.4 is 5.32 Å². The number of nitrogens with zero attached hydrogens (tertiary/aromatic N) is 3. The third-order valence-electron chi connectivity index (χ3n) is 6.83. The Morgan fingerprint density at radius 3 is 2.57 bits per heavy atom. The van der Waals surface area contributed by atoms with E-state index in [1.54, 1.807) is 6.33 Å². The zero-order valence-electron chi connectivity index (χ0n) is 15.9. The predicted molar refractivity (Wildman–Crippen MR) is 103 cm³/mol. The number of carbonyl (C=O) groups excluding carboxylic acids is 3. The van der Waals surface area contributed by atoms with E-state index >= 15 is 0 Å². The van der Waals surface area contributed by atoms with Crippen molar-refractivity contribution in [3.8, 4) is 0 Å². The molecule has 1 aliphatic heterocycles. The summed E-state index contributed by atoms with van der Waals surface area (Å²) in [5.41, 5.74) is 2.52. The first-order chi connectivity index (χ1) is 13.6. The number of imide groups is 1. The van der Waals surface area contributed by atoms with Crippen molar-refractivity contribution in [1.29, 1.82) is 0 Å². The Labute approximate surface area is 163 Å². The van der Waals surface area contributed by atoms with Crippen molar-refractivity contribution in [1.82, 2.24) is 14.5 Å². The number of rotatable bonds is 5. The van der Waals surface area contributed by atoms with Gasteiger partial charge in [-0.15, -0.1) is 0 Å². The van der Waals surface area contributed by atoms with E-state index in [4.69, 9.17) is 0 Å². The fourth-order valence-electron chi connectivity index (χ4n) is 5.52. The monoisotopic (exact) mass is 380 g/mol. The fourth-order valence-corrected chi connectivity index (χ4v) is 5.52. The van der Waals surface area contributed by atoms with Gasteiger partial charge in [-0.2, -0.15) is 0 Å². The molecule has 4 atom stereocenters. The number of anilines is 1. The molecule has 2 saturated carbocycles. The molecule has 0 spiro atoms. The minimum atomic E-state index is -0.199. The molecule has 2 aromatic rings. The molecule has 1 N–H and O–H groups in total. The summed E-state index contributed by atoms with van der Waals surface area (Å²) in [7, 11) is 0. The molecule has 7 nitrogen and oxygen atoms in total. The molecule has 3 aliphatic rings. The lowest BCUT2D eigenvalue weighted by molar-refractivity contribution is -0.140. The third-order valence-corrected chi connectivity index (χ3v) is 6.83. The van der Waals surface area contributed by atoms with Gasteiger partial charge >= 0.3 is 0 Å². The number of aromatic nitrogens is 2. The highest BCUT2D eigenvalue weighted by atomic mass is 16.2. The molecule has 1 saturated heterocycles. The van der Waals surface area contributed by atoms with Crippen LogP contribution >= 0.6 is 0 Å². The molecule has 1 aromatic carbocycles. The Kier molecular flexibility index (Phi) is 4.00. The van der Waals surface area contributed by atoms with Crippen molar-refractivity contribution in [3.05, 3.63) is 24.5 Å². The highest BCUT2D eigenvalue weighted by Gasteiger charge is 2.60. The number of nitrogens with one attached hydrogen (secondary N) is 1. The van der Waals surface area contributed by atoms with Crippen LogP contribution in [0.2, 0.25) is 0 Å². The van der Waals surface area contributed by atoms with Gasteiger partial charge in [-0.1, -0.05) is 0 Å². The van der Waals surface area contributed by atoms with E-state index in [1.807, 2.05) is 22.8 Å². The van der Waals surface area contributed by atoms with Gasteiger partial charge in [0, 0.05) is 25.2 Å². The van der Waals surface area contributed by atoms with Crippen molar-refractivity contribution < 1.29 is 14.4 Å². The maximum Gasteiger partial charge on any atom is 0.233 e. The summed E-state index contributed by atoms with van der Waals surface area (Å²) in [4.78, 5) is 43.5. The number of aryl methyl sites for hydroxylation is 1. The molecule has 3 amide bonds. The zero-order chi connectivity index (χ0) is 19.4. The average Bonchev–Trinajstić information content (AvgIpc) is 3.44. The van der Waals surface area contributed by atoms with E-state index in [-0.39, 0.29) is 42.5 Å². The number of hydrogen-bond donors (Lipinski definition) is 1. The van der Waals surface area contributed by atoms with E-state index < -0.39 is 0 Å². The summed E-state index contributed by atoms with van der Waals surface area (Å²) in [5, 5.41) is 2.86. The highest BCUT2D eigenvalue weighted by molar-refractivity contribution is 6.06. The van der Waals surface area contributed by atoms with E-state index in [0.717, 1.165) is 36.8 Å². The van der Waals surface area contributed by atoms with Crippen LogP contribution in [0.1, 0.15) is 32.6 Å². The molecule has 2 aliphatic carbocycles. The summed E-state index contributed by atoms with van der Waals surface area (Å²) in [5.74, 6) is 0.202. The minimum Gasteiger partial charge on any atom is -0.331 e. The first-order valence-electron chi connectivity index (χ1n) is 10.2. The topological polar surface area (TPSA) is 84.3 Å². The summed E-state index contributed by atoms with van der Waals surface area (Å²) in [6, 6.07) is 5.63. The minimum absolute atomic E-state index is 0.0541. The largest absolute Gasteiger partial charge is 0.331 e. The van der Waals surface area contributed by atoms with Gasteiger partial charge in [0.05, 0.1) is 29.2 Å². The van der Waals surface area contributed by atoms with Crippen molar-refractivity contribution in [2.24, 2.45) is 23.7 Å². The molecule has 2 heterocycles. The molecule has 4 unspecified atom stereocenters. The van der Waals surface area contributed by atoms with Crippen molar-refractivity contribution in [2.45, 2.75) is 39.2 Å². The Bertz CT molecular complexity index is 953. The Morgan fingerprint density at radius 2 is 1.89 bits per heavy atom. The maximum atomic E-state index is 12.7. The van der Waals surface area contributed by atoms with Gasteiger partial charge in [0.1, 0.15) is 0 Å². The van der Waals surface area contributed by atoms with Crippen molar-refractivity contribution >= 4 is 34.4 Å². The van der Waals surface area contributed by atoms with Crippen molar-refractivity contribution in [2.75, 3.05) is 11.9 Å². The molecule has 7 heteroatoms. The fraction of sp³-hybridized carbons (Fsp3) is 0.524. The number of benzene rings is 1. The lowest BCUT2D eigenvalue weighted by atomic mass is 9.81. The molecule has 1 aromatic heterocycles. The smallest absolute Gasteiger partial charge is 0.233 e. The van der Waals surface area contributed by atoms with Crippen LogP contribution in [0.25, 0.3) is 11.0 Å². The second-order valence-electron chi connectivity index (χ2n) is 8.25. The SMILES string of the molecule is CCn1cnc2cc(NC(=O)CCN3C(=O)C4C5CCC(C5)C4C3=O)ccc21. The first-order valence-corrected chi connectivity index (χ1v) is 10.2. The quantitative estimate of drug-likeness (QED) is 0.808. The number of fused-ring (bicyclic) bond motifs is 6. The van der Waals surface area contributed by atoms with Crippen LogP contribution in [-0.2, 0) is 20.9 Å². The third kappa shape index (κ3) is 2.56. The number of likely N-dealkylation sites (tertiary alicyclic amines) is 1. The molecule has 5 rings (SSSR count). The lowest BCUT2D eigenvalue weighted by Crippen LogP contribution is -2.35. The Hall–Kier alpha value is -2.70. The van der Waals surface area contributed by atoms with E-state index in [0.29, 0.717) is 17.5 Å². The van der Waals surface area contributed by atoms with Gasteiger partial charge in [0.15, 0.2) is 0 Å². The molecule has 28 heavy (non-hydrogen) atoms. The Balaban J connectivity index is 1.22. The molecule has 2 bridgehead atoms. The average molecular weight is 380 g/mol. The van der Waals surface area contributed by atoms with Gasteiger partial charge in [-0.25, -0.2) is 4.98 Å².